The fraction of sp³-hybridized carbons (Fsp3) is 0.375. The van der Waals surface area contributed by atoms with Gasteiger partial charge in [0.2, 0.25) is 5.91 Å². The zero-order chi connectivity index (χ0) is 21.6. The minimum Gasteiger partial charge on any atom is -0.486 e. The topological polar surface area (TPSA) is 69.0 Å². The van der Waals surface area contributed by atoms with Crippen molar-refractivity contribution in [3.8, 4) is 11.4 Å². The molecule has 1 aliphatic carbocycles. The van der Waals surface area contributed by atoms with Gasteiger partial charge in [0.1, 0.15) is 12.4 Å². The van der Waals surface area contributed by atoms with Gasteiger partial charge in [-0.25, -0.2) is 0 Å². The van der Waals surface area contributed by atoms with Gasteiger partial charge in [0.05, 0.1) is 11.4 Å². The van der Waals surface area contributed by atoms with E-state index in [0.29, 0.717) is 29.4 Å². The number of carbonyl (C=O) groups is 1. The van der Waals surface area contributed by atoms with E-state index >= 15 is 0 Å². The normalized spacial score (nSPS) is 14.0. The lowest BCUT2D eigenvalue weighted by Gasteiger charge is -2.16. The molecule has 1 aliphatic rings. The second-order valence-corrected chi connectivity index (χ2v) is 8.86. The highest BCUT2D eigenvalue weighted by Gasteiger charge is 2.21. The molecule has 1 fully saturated rings. The number of rotatable bonds is 8. The van der Waals surface area contributed by atoms with Crippen LogP contribution in [-0.2, 0) is 11.4 Å². The number of para-hydroxylation sites is 2. The van der Waals surface area contributed by atoms with E-state index < -0.39 is 0 Å². The lowest BCUT2D eigenvalue weighted by Crippen LogP contribution is -2.33. The van der Waals surface area contributed by atoms with Crippen LogP contribution in [0.4, 0.5) is 0 Å². The molecule has 4 rings (SSSR count). The highest BCUT2D eigenvalue weighted by molar-refractivity contribution is 7.99. The second kappa shape index (κ2) is 10.0. The fourth-order valence-corrected chi connectivity index (χ4v) is 4.77. The third-order valence-electron chi connectivity index (χ3n) is 5.53. The van der Waals surface area contributed by atoms with E-state index in [1.807, 2.05) is 41.0 Å². The summed E-state index contributed by atoms with van der Waals surface area (Å²) >= 11 is 1.42. The molecule has 0 atom stereocenters. The number of thioether (sulfide) groups is 1. The van der Waals surface area contributed by atoms with E-state index in [1.165, 1.54) is 24.6 Å². The first-order chi connectivity index (χ1) is 15.1. The molecule has 0 spiro atoms. The van der Waals surface area contributed by atoms with Crippen LogP contribution in [0.5, 0.6) is 5.75 Å². The Morgan fingerprint density at radius 2 is 1.77 bits per heavy atom. The molecule has 1 saturated carbocycles. The van der Waals surface area contributed by atoms with Crippen molar-refractivity contribution in [2.24, 2.45) is 0 Å². The Morgan fingerprint density at radius 1 is 1.06 bits per heavy atom. The molecule has 7 heteroatoms. The Hall–Kier alpha value is -2.80. The summed E-state index contributed by atoms with van der Waals surface area (Å²) < 4.78 is 7.98. The van der Waals surface area contributed by atoms with E-state index in [0.717, 1.165) is 35.4 Å². The predicted octanol–water partition coefficient (Wildman–Crippen LogP) is 4.61. The maximum Gasteiger partial charge on any atom is 0.230 e. The largest absolute Gasteiger partial charge is 0.486 e. The van der Waals surface area contributed by atoms with E-state index in [-0.39, 0.29) is 5.91 Å². The number of carbonyl (C=O) groups excluding carboxylic acids is 1. The van der Waals surface area contributed by atoms with Gasteiger partial charge in [0, 0.05) is 6.04 Å². The van der Waals surface area contributed by atoms with Crippen molar-refractivity contribution in [2.75, 3.05) is 5.75 Å². The highest BCUT2D eigenvalue weighted by atomic mass is 32.2. The van der Waals surface area contributed by atoms with Crippen LogP contribution < -0.4 is 10.1 Å². The number of aromatic nitrogens is 3. The van der Waals surface area contributed by atoms with Gasteiger partial charge in [0.25, 0.3) is 0 Å². The van der Waals surface area contributed by atoms with E-state index in [1.54, 1.807) is 0 Å². The molecule has 3 aromatic rings. The predicted molar refractivity (Wildman–Crippen MR) is 123 cm³/mol. The third-order valence-corrected chi connectivity index (χ3v) is 6.46. The minimum absolute atomic E-state index is 0.0510. The van der Waals surface area contributed by atoms with Crippen molar-refractivity contribution in [2.45, 2.75) is 57.3 Å². The molecule has 31 heavy (non-hydrogen) atoms. The number of aryl methyl sites for hydroxylation is 2. The molecule has 1 heterocycles. The van der Waals surface area contributed by atoms with Gasteiger partial charge in [-0.05, 0) is 49.9 Å². The van der Waals surface area contributed by atoms with E-state index in [9.17, 15) is 4.79 Å². The molecule has 1 aromatic heterocycles. The van der Waals surface area contributed by atoms with Crippen molar-refractivity contribution in [1.82, 2.24) is 20.1 Å². The lowest BCUT2D eigenvalue weighted by atomic mass is 10.1. The number of hydrogen-bond acceptors (Lipinski definition) is 5. The van der Waals surface area contributed by atoms with Gasteiger partial charge in [-0.2, -0.15) is 0 Å². The third kappa shape index (κ3) is 5.28. The summed E-state index contributed by atoms with van der Waals surface area (Å²) in [7, 11) is 0. The Labute approximate surface area is 187 Å². The van der Waals surface area contributed by atoms with Gasteiger partial charge in [-0.1, -0.05) is 61.0 Å². The van der Waals surface area contributed by atoms with Crippen LogP contribution >= 0.6 is 11.8 Å². The average Bonchev–Trinajstić information content (AvgIpc) is 3.42. The quantitative estimate of drug-likeness (QED) is 0.522. The first-order valence-electron chi connectivity index (χ1n) is 10.7. The lowest BCUT2D eigenvalue weighted by molar-refractivity contribution is -0.119. The van der Waals surface area contributed by atoms with Crippen molar-refractivity contribution in [3.63, 3.8) is 0 Å². The van der Waals surface area contributed by atoms with Crippen LogP contribution in [0.15, 0.2) is 53.7 Å². The van der Waals surface area contributed by atoms with Crippen LogP contribution in [0, 0.1) is 13.8 Å². The number of nitrogens with one attached hydrogen (secondary N) is 1. The maximum atomic E-state index is 12.5. The zero-order valence-corrected chi connectivity index (χ0v) is 18.8. The van der Waals surface area contributed by atoms with Gasteiger partial charge in [0.15, 0.2) is 11.0 Å². The van der Waals surface area contributed by atoms with Crippen molar-refractivity contribution in [3.05, 3.63) is 65.5 Å². The molecular formula is C24H28N4O2S. The minimum atomic E-state index is 0.0510. The molecule has 1 amide bonds. The summed E-state index contributed by atoms with van der Waals surface area (Å²) in [6.45, 7) is 4.44. The van der Waals surface area contributed by atoms with Crippen molar-refractivity contribution < 1.29 is 9.53 Å². The molecule has 0 bridgehead atoms. The monoisotopic (exact) mass is 436 g/mol. The Bertz CT molecular complexity index is 1010. The van der Waals surface area contributed by atoms with Gasteiger partial charge >= 0.3 is 0 Å². The number of amides is 1. The van der Waals surface area contributed by atoms with Crippen LogP contribution in [0.1, 0.15) is 42.6 Å². The highest BCUT2D eigenvalue weighted by Crippen LogP contribution is 2.27. The summed E-state index contributed by atoms with van der Waals surface area (Å²) in [4.78, 5) is 12.5. The molecular weight excluding hydrogens is 408 g/mol. The van der Waals surface area contributed by atoms with Crippen molar-refractivity contribution in [1.29, 1.82) is 0 Å². The average molecular weight is 437 g/mol. The summed E-state index contributed by atoms with van der Waals surface area (Å²) in [5.74, 6) is 1.86. The number of benzene rings is 2. The molecule has 0 saturated heterocycles. The number of ether oxygens (including phenoxy) is 1. The second-order valence-electron chi connectivity index (χ2n) is 7.91. The van der Waals surface area contributed by atoms with Crippen LogP contribution in [0.25, 0.3) is 5.69 Å². The van der Waals surface area contributed by atoms with E-state index in [4.69, 9.17) is 4.74 Å². The SMILES string of the molecule is Cc1cccc(C)c1-n1c(COc2ccccc2)nnc1SCC(=O)NC1CCCC1. The Morgan fingerprint density at radius 3 is 2.48 bits per heavy atom. The van der Waals surface area contributed by atoms with E-state index in [2.05, 4.69) is 41.5 Å². The van der Waals surface area contributed by atoms with Crippen LogP contribution in [0.2, 0.25) is 0 Å². The molecule has 0 aliphatic heterocycles. The molecule has 0 unspecified atom stereocenters. The Balaban J connectivity index is 1.55. The first kappa shape index (κ1) is 21.4. The molecule has 2 aromatic carbocycles. The van der Waals surface area contributed by atoms with Gasteiger partial charge < -0.3 is 10.1 Å². The smallest absolute Gasteiger partial charge is 0.230 e. The molecule has 6 nitrogen and oxygen atoms in total. The van der Waals surface area contributed by atoms with Crippen LogP contribution in [0.3, 0.4) is 0 Å². The Kier molecular flexibility index (Phi) is 6.92. The number of nitrogens with zero attached hydrogens (tertiary/aromatic N) is 3. The molecule has 0 radical (unpaired) electrons. The van der Waals surface area contributed by atoms with Gasteiger partial charge in [-0.3, -0.25) is 9.36 Å². The summed E-state index contributed by atoms with van der Waals surface area (Å²) in [6, 6.07) is 16.2. The first-order valence-corrected chi connectivity index (χ1v) is 11.7. The number of hydrogen-bond donors (Lipinski definition) is 1. The summed E-state index contributed by atoms with van der Waals surface area (Å²) in [5.41, 5.74) is 3.29. The van der Waals surface area contributed by atoms with Crippen molar-refractivity contribution >= 4 is 17.7 Å². The summed E-state index contributed by atoms with van der Waals surface area (Å²) in [5, 5.41) is 12.7. The molecule has 1 N–H and O–H groups in total. The summed E-state index contributed by atoms with van der Waals surface area (Å²) in [6.07, 6.45) is 4.55. The zero-order valence-electron chi connectivity index (χ0n) is 18.0. The standard InChI is InChI=1S/C24H28N4O2S/c1-17-9-8-10-18(2)23(17)28-21(15-30-20-13-4-3-5-14-20)26-27-24(28)31-16-22(29)25-19-11-6-7-12-19/h3-5,8-10,13-14,19H,6-7,11-12,15-16H2,1-2H3,(H,25,29). The fourth-order valence-electron chi connectivity index (χ4n) is 4.00. The van der Waals surface area contributed by atoms with Crippen LogP contribution in [-0.4, -0.2) is 32.5 Å². The molecule has 162 valence electrons. The van der Waals surface area contributed by atoms with Gasteiger partial charge in [-0.15, -0.1) is 10.2 Å². The maximum absolute atomic E-state index is 12.5.